The molecule has 0 saturated carbocycles. The molecule has 2 rings (SSSR count). The first-order valence-corrected chi connectivity index (χ1v) is 9.15. The Hall–Kier alpha value is -2.77. The second kappa shape index (κ2) is 9.80. The summed E-state index contributed by atoms with van der Waals surface area (Å²) in [5.41, 5.74) is 4.81. The molecule has 0 bridgehead atoms. The van der Waals surface area contributed by atoms with Gasteiger partial charge in [-0.2, -0.15) is 0 Å². The lowest BCUT2D eigenvalue weighted by Crippen LogP contribution is -2.52. The number of piperidine rings is 1. The lowest BCUT2D eigenvalue weighted by molar-refractivity contribution is -0.137. The van der Waals surface area contributed by atoms with E-state index in [0.717, 1.165) is 12.2 Å². The normalized spacial score (nSPS) is 17.6. The SMILES string of the molecule is CCOc1ccc(O[C@H](C)C(=O)NNC(=O)[C@@H]2CCCN(C(C)=O)C2)cc1. The highest BCUT2D eigenvalue weighted by Crippen LogP contribution is 2.19. The van der Waals surface area contributed by atoms with Crippen LogP contribution in [-0.4, -0.2) is 48.4 Å². The molecule has 1 fully saturated rings. The highest BCUT2D eigenvalue weighted by molar-refractivity contribution is 5.86. The quantitative estimate of drug-likeness (QED) is 0.728. The maximum absolute atomic E-state index is 12.2. The van der Waals surface area contributed by atoms with Crippen molar-refractivity contribution < 1.29 is 23.9 Å². The van der Waals surface area contributed by atoms with Gasteiger partial charge >= 0.3 is 0 Å². The minimum atomic E-state index is -0.789. The molecule has 148 valence electrons. The van der Waals surface area contributed by atoms with Crippen molar-refractivity contribution in [2.75, 3.05) is 19.7 Å². The highest BCUT2D eigenvalue weighted by atomic mass is 16.5. The van der Waals surface area contributed by atoms with E-state index in [4.69, 9.17) is 9.47 Å². The van der Waals surface area contributed by atoms with Crippen LogP contribution in [0.15, 0.2) is 24.3 Å². The first kappa shape index (κ1) is 20.5. The summed E-state index contributed by atoms with van der Waals surface area (Å²) >= 11 is 0. The molecule has 0 radical (unpaired) electrons. The summed E-state index contributed by atoms with van der Waals surface area (Å²) in [6.45, 7) is 6.59. The molecule has 0 aromatic heterocycles. The second-order valence-corrected chi connectivity index (χ2v) is 6.45. The lowest BCUT2D eigenvalue weighted by atomic mass is 9.97. The van der Waals surface area contributed by atoms with Gasteiger partial charge in [-0.15, -0.1) is 0 Å². The van der Waals surface area contributed by atoms with Crippen LogP contribution in [0.2, 0.25) is 0 Å². The molecule has 1 saturated heterocycles. The molecular formula is C19H27N3O5. The summed E-state index contributed by atoms with van der Waals surface area (Å²) < 4.78 is 10.9. The van der Waals surface area contributed by atoms with Gasteiger partial charge in [0.15, 0.2) is 6.10 Å². The second-order valence-electron chi connectivity index (χ2n) is 6.45. The molecule has 0 unspecified atom stereocenters. The van der Waals surface area contributed by atoms with E-state index in [-0.39, 0.29) is 17.7 Å². The number of benzene rings is 1. The fraction of sp³-hybridized carbons (Fsp3) is 0.526. The van der Waals surface area contributed by atoms with E-state index in [0.29, 0.717) is 31.9 Å². The topological polar surface area (TPSA) is 97.0 Å². The smallest absolute Gasteiger partial charge is 0.279 e. The molecule has 8 nitrogen and oxygen atoms in total. The van der Waals surface area contributed by atoms with Gasteiger partial charge in [0, 0.05) is 20.0 Å². The highest BCUT2D eigenvalue weighted by Gasteiger charge is 2.27. The third-order valence-electron chi connectivity index (χ3n) is 4.36. The van der Waals surface area contributed by atoms with Crippen LogP contribution in [0.5, 0.6) is 11.5 Å². The number of rotatable bonds is 6. The number of nitrogens with zero attached hydrogens (tertiary/aromatic N) is 1. The molecule has 0 spiro atoms. The predicted molar refractivity (Wildman–Crippen MR) is 99.0 cm³/mol. The number of hydrogen-bond donors (Lipinski definition) is 2. The Morgan fingerprint density at radius 2 is 1.85 bits per heavy atom. The van der Waals surface area contributed by atoms with Crippen molar-refractivity contribution in [1.82, 2.24) is 15.8 Å². The molecule has 1 aromatic carbocycles. The number of carbonyl (C=O) groups excluding carboxylic acids is 3. The molecule has 8 heteroatoms. The van der Waals surface area contributed by atoms with Gasteiger partial charge in [0.25, 0.3) is 5.91 Å². The van der Waals surface area contributed by atoms with Crippen molar-refractivity contribution in [2.45, 2.75) is 39.7 Å². The number of nitrogens with one attached hydrogen (secondary N) is 2. The van der Waals surface area contributed by atoms with Crippen LogP contribution in [0.1, 0.15) is 33.6 Å². The van der Waals surface area contributed by atoms with E-state index in [2.05, 4.69) is 10.9 Å². The van der Waals surface area contributed by atoms with Gasteiger partial charge in [-0.3, -0.25) is 25.2 Å². The van der Waals surface area contributed by atoms with Gasteiger partial charge in [-0.25, -0.2) is 0 Å². The fourth-order valence-electron chi connectivity index (χ4n) is 2.84. The minimum Gasteiger partial charge on any atom is -0.494 e. The van der Waals surface area contributed by atoms with Crippen molar-refractivity contribution in [1.29, 1.82) is 0 Å². The van der Waals surface area contributed by atoms with Crippen molar-refractivity contribution in [2.24, 2.45) is 5.92 Å². The summed E-state index contributed by atoms with van der Waals surface area (Å²) in [7, 11) is 0. The number of hydrazine groups is 1. The van der Waals surface area contributed by atoms with Crippen molar-refractivity contribution >= 4 is 17.7 Å². The molecule has 27 heavy (non-hydrogen) atoms. The van der Waals surface area contributed by atoms with Crippen molar-refractivity contribution in [3.63, 3.8) is 0 Å². The van der Waals surface area contributed by atoms with E-state index < -0.39 is 12.0 Å². The summed E-state index contributed by atoms with van der Waals surface area (Å²) in [6, 6.07) is 6.95. The monoisotopic (exact) mass is 377 g/mol. The molecule has 1 heterocycles. The minimum absolute atomic E-state index is 0.0473. The molecule has 3 amide bonds. The first-order valence-electron chi connectivity index (χ1n) is 9.15. The largest absolute Gasteiger partial charge is 0.494 e. The number of amides is 3. The van der Waals surface area contributed by atoms with Gasteiger partial charge in [0.05, 0.1) is 12.5 Å². The number of likely N-dealkylation sites (tertiary alicyclic amines) is 1. The van der Waals surface area contributed by atoms with E-state index in [1.165, 1.54) is 6.92 Å². The zero-order chi connectivity index (χ0) is 19.8. The Morgan fingerprint density at radius 3 is 2.48 bits per heavy atom. The van der Waals surface area contributed by atoms with Crippen LogP contribution in [0.25, 0.3) is 0 Å². The molecule has 1 aliphatic heterocycles. The Bertz CT molecular complexity index is 662. The number of ether oxygens (including phenoxy) is 2. The summed E-state index contributed by atoms with van der Waals surface area (Å²) in [5, 5.41) is 0. The average molecular weight is 377 g/mol. The van der Waals surface area contributed by atoms with E-state index in [1.807, 2.05) is 6.92 Å². The zero-order valence-corrected chi connectivity index (χ0v) is 16.0. The van der Waals surface area contributed by atoms with E-state index >= 15 is 0 Å². The van der Waals surface area contributed by atoms with Crippen LogP contribution in [-0.2, 0) is 14.4 Å². The third kappa shape index (κ3) is 6.16. The van der Waals surface area contributed by atoms with Crippen LogP contribution >= 0.6 is 0 Å². The summed E-state index contributed by atoms with van der Waals surface area (Å²) in [6.07, 6.45) is 0.662. The molecule has 2 atom stereocenters. The number of carbonyl (C=O) groups is 3. The Kier molecular flexibility index (Phi) is 7.45. The summed E-state index contributed by atoms with van der Waals surface area (Å²) in [4.78, 5) is 37.5. The third-order valence-corrected chi connectivity index (χ3v) is 4.36. The average Bonchev–Trinajstić information content (AvgIpc) is 2.67. The number of hydrogen-bond acceptors (Lipinski definition) is 5. The molecule has 1 aliphatic rings. The van der Waals surface area contributed by atoms with E-state index in [1.54, 1.807) is 36.1 Å². The van der Waals surface area contributed by atoms with Crippen LogP contribution in [0.4, 0.5) is 0 Å². The first-order chi connectivity index (χ1) is 12.9. The van der Waals surface area contributed by atoms with Gasteiger partial charge in [0.2, 0.25) is 11.8 Å². The standard InChI is InChI=1S/C19H27N3O5/c1-4-26-16-7-9-17(10-8-16)27-13(2)18(24)20-21-19(25)15-6-5-11-22(12-15)14(3)23/h7-10,13,15H,4-6,11-12H2,1-3H3,(H,20,24)(H,21,25)/t13-,15-/m1/s1. The fourth-order valence-corrected chi connectivity index (χ4v) is 2.84. The maximum Gasteiger partial charge on any atom is 0.279 e. The maximum atomic E-state index is 12.2. The predicted octanol–water partition coefficient (Wildman–Crippen LogP) is 1.26. The van der Waals surface area contributed by atoms with Crippen LogP contribution < -0.4 is 20.3 Å². The van der Waals surface area contributed by atoms with E-state index in [9.17, 15) is 14.4 Å². The zero-order valence-electron chi connectivity index (χ0n) is 16.0. The molecule has 2 N–H and O–H groups in total. The Balaban J connectivity index is 1.78. The van der Waals surface area contributed by atoms with Gasteiger partial charge in [-0.1, -0.05) is 0 Å². The van der Waals surface area contributed by atoms with Crippen LogP contribution in [0, 0.1) is 5.92 Å². The Labute approximate surface area is 159 Å². The lowest BCUT2D eigenvalue weighted by Gasteiger charge is -2.31. The molecular weight excluding hydrogens is 350 g/mol. The summed E-state index contributed by atoms with van der Waals surface area (Å²) in [5.74, 6) is 0.108. The van der Waals surface area contributed by atoms with Gasteiger partial charge < -0.3 is 14.4 Å². The Morgan fingerprint density at radius 1 is 1.19 bits per heavy atom. The van der Waals surface area contributed by atoms with Crippen molar-refractivity contribution in [3.05, 3.63) is 24.3 Å². The van der Waals surface area contributed by atoms with Gasteiger partial charge in [0.1, 0.15) is 11.5 Å². The van der Waals surface area contributed by atoms with Gasteiger partial charge in [-0.05, 0) is 51.0 Å². The van der Waals surface area contributed by atoms with Crippen LogP contribution in [0.3, 0.4) is 0 Å². The van der Waals surface area contributed by atoms with Crippen molar-refractivity contribution in [3.8, 4) is 11.5 Å². The molecule has 0 aliphatic carbocycles. The molecule has 1 aromatic rings.